The number of aromatic nitrogens is 2. The zero-order chi connectivity index (χ0) is 21.6. The summed E-state index contributed by atoms with van der Waals surface area (Å²) in [4.78, 5) is 31.8. The van der Waals surface area contributed by atoms with Crippen molar-refractivity contribution in [2.75, 3.05) is 11.9 Å². The van der Waals surface area contributed by atoms with Gasteiger partial charge in [-0.1, -0.05) is 23.7 Å². The normalized spacial score (nSPS) is 11.1. The molecule has 156 valence electrons. The standard InChI is InChI=1S/C23H19ClN4O3/c24-18-6-2-1-5-17(18)23-27-19-9-7-15(14-20(19)28-23)26-22(30)11-12-25-21(29)10-8-16-4-3-13-31-16/h1-10,13-14H,11-12H2,(H,25,29)(H,26,30)(H,27,28). The molecule has 0 unspecified atom stereocenters. The van der Waals surface area contributed by atoms with Crippen LogP contribution in [0, 0.1) is 0 Å². The average Bonchev–Trinajstić information content (AvgIpc) is 3.42. The highest BCUT2D eigenvalue weighted by atomic mass is 35.5. The first-order valence-corrected chi connectivity index (χ1v) is 10.0. The van der Waals surface area contributed by atoms with E-state index in [-0.39, 0.29) is 24.8 Å². The van der Waals surface area contributed by atoms with Crippen LogP contribution in [0.25, 0.3) is 28.5 Å². The SMILES string of the molecule is O=C(C=Cc1ccco1)NCCC(=O)Nc1ccc2nc(-c3ccccc3Cl)[nH]c2c1. The molecule has 0 spiro atoms. The first-order chi connectivity index (χ1) is 15.1. The van der Waals surface area contributed by atoms with E-state index in [2.05, 4.69) is 20.6 Å². The van der Waals surface area contributed by atoms with Gasteiger partial charge in [-0.3, -0.25) is 9.59 Å². The summed E-state index contributed by atoms with van der Waals surface area (Å²) in [5.41, 5.74) is 2.99. The van der Waals surface area contributed by atoms with Crippen molar-refractivity contribution < 1.29 is 14.0 Å². The van der Waals surface area contributed by atoms with E-state index in [1.54, 1.807) is 30.3 Å². The number of carbonyl (C=O) groups is 2. The van der Waals surface area contributed by atoms with E-state index in [4.69, 9.17) is 16.0 Å². The Kier molecular flexibility index (Phi) is 6.14. The topological polar surface area (TPSA) is 100 Å². The van der Waals surface area contributed by atoms with Crippen molar-refractivity contribution in [3.05, 3.63) is 77.7 Å². The Morgan fingerprint density at radius 2 is 2.00 bits per heavy atom. The Morgan fingerprint density at radius 1 is 1.13 bits per heavy atom. The molecule has 2 aromatic heterocycles. The number of hydrogen-bond donors (Lipinski definition) is 3. The minimum Gasteiger partial charge on any atom is -0.465 e. The van der Waals surface area contributed by atoms with Crippen molar-refractivity contribution in [2.24, 2.45) is 0 Å². The fraction of sp³-hybridized carbons (Fsp3) is 0.0870. The van der Waals surface area contributed by atoms with Crippen molar-refractivity contribution in [3.8, 4) is 11.4 Å². The molecule has 4 aromatic rings. The van der Waals surface area contributed by atoms with E-state index in [1.807, 2.05) is 30.3 Å². The Balaban J connectivity index is 1.32. The number of fused-ring (bicyclic) bond motifs is 1. The number of furan rings is 1. The third kappa shape index (κ3) is 5.21. The van der Waals surface area contributed by atoms with Crippen LogP contribution >= 0.6 is 11.6 Å². The monoisotopic (exact) mass is 434 g/mol. The summed E-state index contributed by atoms with van der Waals surface area (Å²) in [6, 6.07) is 16.3. The van der Waals surface area contributed by atoms with Gasteiger partial charge in [-0.2, -0.15) is 0 Å². The Bertz CT molecular complexity index is 1240. The summed E-state index contributed by atoms with van der Waals surface area (Å²) in [6.07, 6.45) is 4.59. The highest BCUT2D eigenvalue weighted by Crippen LogP contribution is 2.28. The van der Waals surface area contributed by atoms with E-state index in [1.165, 1.54) is 12.3 Å². The number of benzene rings is 2. The number of nitrogens with one attached hydrogen (secondary N) is 3. The van der Waals surface area contributed by atoms with E-state index in [9.17, 15) is 9.59 Å². The van der Waals surface area contributed by atoms with Crippen LogP contribution in [0.15, 0.2) is 71.4 Å². The summed E-state index contributed by atoms with van der Waals surface area (Å²) in [5, 5.41) is 6.09. The first kappa shape index (κ1) is 20.4. The van der Waals surface area contributed by atoms with Crippen LogP contribution in [0.4, 0.5) is 5.69 Å². The van der Waals surface area contributed by atoms with Crippen LogP contribution < -0.4 is 10.6 Å². The number of hydrogen-bond acceptors (Lipinski definition) is 4. The summed E-state index contributed by atoms with van der Waals surface area (Å²) in [7, 11) is 0. The molecule has 0 saturated heterocycles. The summed E-state index contributed by atoms with van der Waals surface area (Å²) >= 11 is 6.25. The maximum absolute atomic E-state index is 12.2. The molecule has 0 radical (unpaired) electrons. The molecule has 7 nitrogen and oxygen atoms in total. The quantitative estimate of drug-likeness (QED) is 0.369. The Morgan fingerprint density at radius 3 is 2.81 bits per heavy atom. The lowest BCUT2D eigenvalue weighted by atomic mass is 10.2. The number of aromatic amines is 1. The van der Waals surface area contributed by atoms with Gasteiger partial charge in [0.2, 0.25) is 11.8 Å². The van der Waals surface area contributed by atoms with Crippen molar-refractivity contribution in [1.29, 1.82) is 0 Å². The van der Waals surface area contributed by atoms with Gasteiger partial charge in [-0.05, 0) is 48.5 Å². The van der Waals surface area contributed by atoms with Gasteiger partial charge in [-0.15, -0.1) is 0 Å². The largest absolute Gasteiger partial charge is 0.465 e. The third-order valence-corrected chi connectivity index (χ3v) is 4.82. The molecule has 0 aliphatic carbocycles. The molecule has 2 heterocycles. The Labute approximate surface area is 183 Å². The lowest BCUT2D eigenvalue weighted by molar-refractivity contribution is -0.117. The molecule has 8 heteroatoms. The Hall–Kier alpha value is -3.84. The van der Waals surface area contributed by atoms with Crippen LogP contribution in [-0.2, 0) is 9.59 Å². The lowest BCUT2D eigenvalue weighted by Gasteiger charge is -2.05. The molecule has 0 aliphatic heterocycles. The number of halogens is 1. The van der Waals surface area contributed by atoms with Gasteiger partial charge in [0.05, 0.1) is 22.3 Å². The number of H-pyrrole nitrogens is 1. The third-order valence-electron chi connectivity index (χ3n) is 4.49. The van der Waals surface area contributed by atoms with Gasteiger partial charge in [0.15, 0.2) is 0 Å². The van der Waals surface area contributed by atoms with Crippen molar-refractivity contribution in [1.82, 2.24) is 15.3 Å². The van der Waals surface area contributed by atoms with E-state index < -0.39 is 0 Å². The summed E-state index contributed by atoms with van der Waals surface area (Å²) < 4.78 is 5.11. The molecular weight excluding hydrogens is 416 g/mol. The molecule has 0 bridgehead atoms. The zero-order valence-electron chi connectivity index (χ0n) is 16.4. The van der Waals surface area contributed by atoms with Crippen molar-refractivity contribution >= 4 is 46.2 Å². The molecule has 31 heavy (non-hydrogen) atoms. The molecule has 0 fully saturated rings. The minimum atomic E-state index is -0.296. The summed E-state index contributed by atoms with van der Waals surface area (Å²) in [5.74, 6) is 0.741. The van der Waals surface area contributed by atoms with Gasteiger partial charge in [0.1, 0.15) is 11.6 Å². The first-order valence-electron chi connectivity index (χ1n) is 9.62. The number of anilines is 1. The van der Waals surface area contributed by atoms with Gasteiger partial charge < -0.3 is 20.0 Å². The molecule has 2 aromatic carbocycles. The van der Waals surface area contributed by atoms with E-state index in [0.717, 1.165) is 16.6 Å². The minimum absolute atomic E-state index is 0.145. The van der Waals surface area contributed by atoms with E-state index >= 15 is 0 Å². The number of rotatable bonds is 7. The molecule has 0 atom stereocenters. The van der Waals surface area contributed by atoms with Crippen LogP contribution in [0.2, 0.25) is 5.02 Å². The molecule has 4 rings (SSSR count). The fourth-order valence-corrected chi connectivity index (χ4v) is 3.22. The second kappa shape index (κ2) is 9.32. The van der Waals surface area contributed by atoms with Gasteiger partial charge in [0.25, 0.3) is 0 Å². The van der Waals surface area contributed by atoms with Crippen molar-refractivity contribution in [3.63, 3.8) is 0 Å². The second-order valence-corrected chi connectivity index (χ2v) is 7.14. The fourth-order valence-electron chi connectivity index (χ4n) is 2.99. The van der Waals surface area contributed by atoms with Gasteiger partial charge in [0, 0.05) is 30.3 Å². The number of nitrogens with zero attached hydrogens (tertiary/aromatic N) is 1. The van der Waals surface area contributed by atoms with Crippen LogP contribution in [0.3, 0.4) is 0 Å². The molecule has 0 saturated carbocycles. The second-order valence-electron chi connectivity index (χ2n) is 6.74. The predicted octanol–water partition coefficient (Wildman–Crippen LogP) is 4.63. The molecule has 2 amide bonds. The number of imidazole rings is 1. The van der Waals surface area contributed by atoms with Crippen LogP contribution in [0.1, 0.15) is 12.2 Å². The molecule has 0 aliphatic rings. The predicted molar refractivity (Wildman–Crippen MR) is 121 cm³/mol. The highest BCUT2D eigenvalue weighted by molar-refractivity contribution is 6.33. The van der Waals surface area contributed by atoms with E-state index in [0.29, 0.717) is 22.3 Å². The molecule has 3 N–H and O–H groups in total. The highest BCUT2D eigenvalue weighted by Gasteiger charge is 2.10. The van der Waals surface area contributed by atoms with Crippen molar-refractivity contribution in [2.45, 2.75) is 6.42 Å². The number of amides is 2. The van der Waals surface area contributed by atoms with Crippen LogP contribution in [-0.4, -0.2) is 28.3 Å². The van der Waals surface area contributed by atoms with Crippen LogP contribution in [0.5, 0.6) is 0 Å². The lowest BCUT2D eigenvalue weighted by Crippen LogP contribution is -2.26. The van der Waals surface area contributed by atoms with Gasteiger partial charge >= 0.3 is 0 Å². The zero-order valence-corrected chi connectivity index (χ0v) is 17.1. The maximum Gasteiger partial charge on any atom is 0.244 e. The number of carbonyl (C=O) groups excluding carboxylic acids is 2. The molecular formula is C23H19ClN4O3. The maximum atomic E-state index is 12.2. The average molecular weight is 435 g/mol. The summed E-state index contributed by atoms with van der Waals surface area (Å²) in [6.45, 7) is 0.218. The smallest absolute Gasteiger partial charge is 0.244 e. The van der Waals surface area contributed by atoms with Gasteiger partial charge in [-0.25, -0.2) is 4.98 Å².